The minimum Gasteiger partial charge on any atom is -0.443 e. The number of aliphatic hydroxyl groups is 1. The van der Waals surface area contributed by atoms with Gasteiger partial charge in [0, 0.05) is 43.0 Å². The molecule has 19 nitrogen and oxygen atoms in total. The summed E-state index contributed by atoms with van der Waals surface area (Å²) in [7, 11) is 1.65. The van der Waals surface area contributed by atoms with Gasteiger partial charge in [-0.15, -0.1) is 0 Å². The minimum absolute atomic E-state index is 0.0309. The lowest BCUT2D eigenvalue weighted by Gasteiger charge is -2.42. The van der Waals surface area contributed by atoms with Crippen LogP contribution < -0.4 is 37.2 Å². The fourth-order valence-electron chi connectivity index (χ4n) is 12.5. The number of amides is 7. The molecule has 0 radical (unpaired) electrons. The highest BCUT2D eigenvalue weighted by Crippen LogP contribution is 2.59. The van der Waals surface area contributed by atoms with Crippen molar-refractivity contribution < 1.29 is 57.6 Å². The van der Waals surface area contributed by atoms with Crippen LogP contribution in [0.3, 0.4) is 0 Å². The molecule has 4 aliphatic rings. The van der Waals surface area contributed by atoms with Crippen LogP contribution in [0.1, 0.15) is 179 Å². The number of rotatable bonds is 32. The van der Waals surface area contributed by atoms with Gasteiger partial charge in [-0.05, 0) is 128 Å². The second-order valence-electron chi connectivity index (χ2n) is 26.5. The second-order valence-corrected chi connectivity index (χ2v) is 26.5. The third kappa shape index (κ3) is 20.3. The van der Waals surface area contributed by atoms with E-state index in [1.807, 2.05) is 71.9 Å². The Morgan fingerprint density at radius 2 is 1.38 bits per heavy atom. The lowest BCUT2D eigenvalue weighted by Crippen LogP contribution is -2.56. The van der Waals surface area contributed by atoms with Gasteiger partial charge in [-0.25, -0.2) is 4.79 Å². The summed E-state index contributed by atoms with van der Waals surface area (Å²) < 4.78 is 24.5. The number of methoxy groups -OCH3 is 1. The Morgan fingerprint density at radius 1 is 0.756 bits per heavy atom. The number of nitrogens with one attached hydrogen (secondary N) is 7. The summed E-state index contributed by atoms with van der Waals surface area (Å²) in [4.78, 5) is 96.2. The number of hydrogen-bond donors (Lipinski definition) is 8. The average molecular weight is 1150 g/mol. The molecule has 462 valence electrons. The monoisotopic (exact) mass is 1150 g/mol. The van der Waals surface area contributed by atoms with Gasteiger partial charge in [0.2, 0.25) is 35.4 Å². The fourth-order valence-corrected chi connectivity index (χ4v) is 12.5. The van der Waals surface area contributed by atoms with Crippen molar-refractivity contribution in [3.63, 3.8) is 0 Å². The molecule has 8 N–H and O–H groups in total. The number of benzene rings is 1. The van der Waals surface area contributed by atoms with Crippen LogP contribution in [0.25, 0.3) is 0 Å². The molecule has 82 heavy (non-hydrogen) atoms. The number of aliphatic hydroxyl groups excluding tert-OH is 1. The number of alkyl carbamates (subject to hydrolysis) is 1. The summed E-state index contributed by atoms with van der Waals surface area (Å²) in [6.45, 7) is 23.8. The Balaban J connectivity index is 1.12. The highest BCUT2D eigenvalue weighted by atomic mass is 16.6. The van der Waals surface area contributed by atoms with E-state index in [1.54, 1.807) is 14.0 Å². The summed E-state index contributed by atoms with van der Waals surface area (Å²) in [6, 6.07) is 6.66. The van der Waals surface area contributed by atoms with Crippen molar-refractivity contribution >= 4 is 41.5 Å². The molecule has 2 aliphatic heterocycles. The molecular formula is C63H103N7O12. The number of hydrogen-bond acceptors (Lipinski definition) is 12. The Labute approximate surface area is 489 Å². The Hall–Kier alpha value is -5.11. The number of epoxide rings is 2. The molecule has 2 heterocycles. The molecule has 5 rings (SSSR count). The normalized spacial score (nSPS) is 26.5. The molecule has 0 aromatic heterocycles. The minimum atomic E-state index is -1.12. The largest absolute Gasteiger partial charge is 0.443 e. The van der Waals surface area contributed by atoms with Crippen LogP contribution >= 0.6 is 0 Å². The summed E-state index contributed by atoms with van der Waals surface area (Å²) >= 11 is 0. The first-order valence-electron chi connectivity index (χ1n) is 30.5. The maximum absolute atomic E-state index is 14.2. The van der Waals surface area contributed by atoms with Crippen molar-refractivity contribution in [2.75, 3.05) is 33.4 Å². The number of ether oxygens (including phenoxy) is 4. The zero-order chi connectivity index (χ0) is 60.6. The average Bonchev–Trinajstić information content (AvgIpc) is 2.89. The molecule has 1 aromatic rings. The SMILES string of the molecule is COC1C(OC(=O)NC2CCC(NC(=O)CNC(=O)[C@H](CC(C)C)NC(=O)[C@H](Cc3ccccc3)NC(=O)CNC(=O)C(C)(CCC(C)(CCCC(C)C)C(=O)NCC(C)O)CC(C)C)CC2)CC[C@]2(CO2)C1[C@]1(C)O[C@@H]1CC=C(C)C. The maximum atomic E-state index is 14.2. The van der Waals surface area contributed by atoms with Crippen LogP contribution in [0.2, 0.25) is 0 Å². The zero-order valence-electron chi connectivity index (χ0n) is 51.8. The summed E-state index contributed by atoms with van der Waals surface area (Å²) in [5, 5.41) is 30.1. The van der Waals surface area contributed by atoms with Gasteiger partial charge in [-0.3, -0.25) is 28.8 Å². The van der Waals surface area contributed by atoms with E-state index in [9.17, 15) is 38.7 Å². The first-order chi connectivity index (χ1) is 38.6. The van der Waals surface area contributed by atoms with Crippen LogP contribution in [-0.2, 0) is 54.1 Å². The molecule has 6 unspecified atom stereocenters. The number of carbonyl (C=O) groups excluding carboxylic acids is 7. The van der Waals surface area contributed by atoms with Crippen LogP contribution in [0, 0.1) is 34.5 Å². The number of allylic oxidation sites excluding steroid dienone is 1. The van der Waals surface area contributed by atoms with E-state index in [4.69, 9.17) is 18.9 Å². The molecule has 19 heteroatoms. The predicted octanol–water partition coefficient (Wildman–Crippen LogP) is 6.87. The summed E-state index contributed by atoms with van der Waals surface area (Å²) in [6.07, 6.45) is 8.79. The van der Waals surface area contributed by atoms with Crippen molar-refractivity contribution in [2.45, 2.75) is 239 Å². The Bertz CT molecular complexity index is 2310. The van der Waals surface area contributed by atoms with E-state index in [0.717, 1.165) is 31.2 Å². The lowest BCUT2D eigenvalue weighted by molar-refractivity contribution is -0.137. The van der Waals surface area contributed by atoms with E-state index in [1.165, 1.54) is 5.57 Å². The first kappa shape index (κ1) is 67.7. The van der Waals surface area contributed by atoms with E-state index in [0.29, 0.717) is 70.3 Å². The molecule has 2 saturated heterocycles. The molecule has 0 bridgehead atoms. The Kier molecular flexibility index (Phi) is 25.3. The van der Waals surface area contributed by atoms with Gasteiger partial charge in [0.1, 0.15) is 35.5 Å². The third-order valence-electron chi connectivity index (χ3n) is 17.3. The standard InChI is InChI=1S/C63H103N7O12/c1-39(2)18-17-28-60(10,57(76)65-35-43(9)71)30-31-61(11,34-42(7)8)58(77)66-37-52(73)69-48(33-44-19-15-14-16-20-44)56(75)70-47(32-41(5)6)55(74)64-36-51(72)67-45-22-24-46(25-23-45)68-59(78)81-49-27-29-63(38-80-63)54(53(49)79-13)62(12)50(82-62)26-21-40(3)4/h14-16,19-21,39,41-43,45-50,53-54,71H,17-18,22-38H2,1-13H3,(H,64,74)(H,65,76)(H,66,77)(H,67,72)(H,68,78)(H,69,73)(H,70,75)/t43?,45?,46?,47-,48-,49?,50+,53?,54?,60?,61?,62+,63-/m0/s1. The highest BCUT2D eigenvalue weighted by Gasteiger charge is 2.72. The van der Waals surface area contributed by atoms with Crippen molar-refractivity contribution in [3.05, 3.63) is 47.5 Å². The molecule has 4 fully saturated rings. The van der Waals surface area contributed by atoms with Gasteiger partial charge in [0.05, 0.1) is 37.8 Å². The van der Waals surface area contributed by atoms with Crippen LogP contribution in [0.5, 0.6) is 0 Å². The van der Waals surface area contributed by atoms with E-state index >= 15 is 0 Å². The number of carbonyl (C=O) groups is 7. The molecule has 2 aliphatic carbocycles. The van der Waals surface area contributed by atoms with Crippen molar-refractivity contribution in [1.82, 2.24) is 37.2 Å². The highest BCUT2D eigenvalue weighted by molar-refractivity contribution is 5.94. The van der Waals surface area contributed by atoms with Crippen LogP contribution in [0.15, 0.2) is 42.0 Å². The van der Waals surface area contributed by atoms with Gasteiger partial charge < -0.3 is 61.3 Å². The smallest absolute Gasteiger partial charge is 0.407 e. The van der Waals surface area contributed by atoms with Crippen LogP contribution in [0.4, 0.5) is 4.79 Å². The van der Waals surface area contributed by atoms with Gasteiger partial charge in [0.25, 0.3) is 0 Å². The molecule has 1 aromatic carbocycles. The Morgan fingerprint density at radius 3 is 1.96 bits per heavy atom. The molecule has 2 saturated carbocycles. The predicted molar refractivity (Wildman–Crippen MR) is 315 cm³/mol. The zero-order valence-corrected chi connectivity index (χ0v) is 51.8. The van der Waals surface area contributed by atoms with Gasteiger partial charge in [-0.1, -0.05) is 110 Å². The van der Waals surface area contributed by atoms with E-state index in [2.05, 4.69) is 77.9 Å². The van der Waals surface area contributed by atoms with Gasteiger partial charge in [0.15, 0.2) is 0 Å². The quantitative estimate of drug-likeness (QED) is 0.0271. The van der Waals surface area contributed by atoms with E-state index < -0.39 is 77.2 Å². The fraction of sp³-hybridized carbons (Fsp3) is 0.762. The third-order valence-corrected chi connectivity index (χ3v) is 17.3. The lowest BCUT2D eigenvalue weighted by atomic mass is 9.68. The van der Waals surface area contributed by atoms with E-state index in [-0.39, 0.29) is 85.2 Å². The topological polar surface area (TPSA) is 267 Å². The molecule has 1 spiro atoms. The maximum Gasteiger partial charge on any atom is 0.407 e. The van der Waals surface area contributed by atoms with Gasteiger partial charge in [-0.2, -0.15) is 0 Å². The van der Waals surface area contributed by atoms with Crippen molar-refractivity contribution in [1.29, 1.82) is 0 Å². The van der Waals surface area contributed by atoms with Gasteiger partial charge >= 0.3 is 6.09 Å². The molecular weight excluding hydrogens is 1050 g/mol. The molecule has 7 amide bonds. The first-order valence-corrected chi connectivity index (χ1v) is 30.5. The second kappa shape index (κ2) is 30.6. The van der Waals surface area contributed by atoms with Crippen molar-refractivity contribution in [3.8, 4) is 0 Å². The van der Waals surface area contributed by atoms with Crippen molar-refractivity contribution in [2.24, 2.45) is 34.5 Å². The van der Waals surface area contributed by atoms with Crippen LogP contribution in [-0.4, -0.2) is 140 Å². The summed E-state index contributed by atoms with van der Waals surface area (Å²) in [5.41, 5.74) is -0.514. The summed E-state index contributed by atoms with van der Waals surface area (Å²) in [5.74, 6) is -2.19. The molecule has 11 atom stereocenters.